The summed E-state index contributed by atoms with van der Waals surface area (Å²) in [6, 6.07) is 16.6. The van der Waals surface area contributed by atoms with E-state index in [2.05, 4.69) is 86.4 Å². The average Bonchev–Trinajstić information content (AvgIpc) is 2.80. The number of aryl methyl sites for hydroxylation is 2. The predicted molar refractivity (Wildman–Crippen MR) is 156 cm³/mol. The smallest absolute Gasteiger partial charge is 0.147 e. The highest BCUT2D eigenvalue weighted by Crippen LogP contribution is 2.22. The molecule has 0 amide bonds. The summed E-state index contributed by atoms with van der Waals surface area (Å²) in [4.78, 5) is 12.2. The van der Waals surface area contributed by atoms with E-state index in [0.717, 1.165) is 62.0 Å². The molecule has 8 heteroatoms. The zero-order valence-electron chi connectivity index (χ0n) is 21.0. The molecule has 0 radical (unpaired) electrons. The fraction of sp³-hybridized carbons (Fsp3) is 0.538. The normalized spacial score (nSPS) is 10.6. The largest absolute Gasteiger partial charge is 0.406 e. The van der Waals surface area contributed by atoms with Crippen LogP contribution in [0.2, 0.25) is 0 Å². The summed E-state index contributed by atoms with van der Waals surface area (Å²) in [5.41, 5.74) is 2.51. The van der Waals surface area contributed by atoms with E-state index in [1.807, 2.05) is 21.6 Å². The van der Waals surface area contributed by atoms with Gasteiger partial charge in [0.05, 0.1) is 0 Å². The van der Waals surface area contributed by atoms with Gasteiger partial charge < -0.3 is 9.68 Å². The van der Waals surface area contributed by atoms with Gasteiger partial charge in [0, 0.05) is 37.7 Å². The zero-order chi connectivity index (χ0) is 23.0. The highest BCUT2D eigenvalue weighted by atomic mass is 35.5. The molecule has 0 saturated carbocycles. The molecular weight excluding hydrogens is 507 g/mol. The number of benzene rings is 2. The van der Waals surface area contributed by atoms with E-state index in [9.17, 15) is 0 Å². The number of hydrogen-bond donors (Lipinski definition) is 0. The van der Waals surface area contributed by atoms with Gasteiger partial charge in [0.2, 0.25) is 0 Å². The van der Waals surface area contributed by atoms with Crippen molar-refractivity contribution in [3.8, 4) is 11.5 Å². The van der Waals surface area contributed by atoms with E-state index in [4.69, 9.17) is 9.68 Å². The van der Waals surface area contributed by atoms with Crippen LogP contribution in [0, 0.1) is 13.8 Å². The highest BCUT2D eigenvalue weighted by Gasteiger charge is 2.09. The van der Waals surface area contributed by atoms with Crippen molar-refractivity contribution in [2.24, 2.45) is 0 Å². The molecule has 194 valence electrons. The van der Waals surface area contributed by atoms with Gasteiger partial charge in [0.1, 0.15) is 11.5 Å². The Morgan fingerprint density at radius 1 is 0.588 bits per heavy atom. The predicted octanol–water partition coefficient (Wildman–Crippen LogP) is 8.02. The van der Waals surface area contributed by atoms with Crippen molar-refractivity contribution in [1.82, 2.24) is 10.1 Å². The van der Waals surface area contributed by atoms with E-state index in [1.165, 1.54) is 24.0 Å². The van der Waals surface area contributed by atoms with E-state index in [-0.39, 0.29) is 24.8 Å². The van der Waals surface area contributed by atoms with Crippen molar-refractivity contribution in [2.75, 3.05) is 37.7 Å². The summed E-state index contributed by atoms with van der Waals surface area (Å²) in [5, 5.41) is 4.21. The van der Waals surface area contributed by atoms with Crippen LogP contribution in [0.1, 0.15) is 50.7 Å². The van der Waals surface area contributed by atoms with Gasteiger partial charge in [-0.2, -0.15) is 0 Å². The number of hydrogen-bond acceptors (Lipinski definition) is 6. The van der Waals surface area contributed by atoms with Gasteiger partial charge in [-0.15, -0.1) is 34.9 Å². The SMILES string of the molecule is CCCCN(CCSSCCN(CCCC)Oc1ccc(C)cc1)Oc1ccc(C)cc1.Cl.Cl. The molecular formula is C26H42Cl2N2O2S2. The van der Waals surface area contributed by atoms with Crippen LogP contribution in [0.25, 0.3) is 0 Å². The van der Waals surface area contributed by atoms with Gasteiger partial charge >= 0.3 is 0 Å². The molecule has 0 aliphatic carbocycles. The van der Waals surface area contributed by atoms with E-state index in [0.29, 0.717) is 0 Å². The lowest BCUT2D eigenvalue weighted by Crippen LogP contribution is -2.31. The average molecular weight is 550 g/mol. The van der Waals surface area contributed by atoms with Gasteiger partial charge in [-0.3, -0.25) is 0 Å². The number of halogens is 2. The molecule has 34 heavy (non-hydrogen) atoms. The quantitative estimate of drug-likeness (QED) is 0.113. The topological polar surface area (TPSA) is 24.9 Å². The van der Waals surface area contributed by atoms with Crippen LogP contribution < -0.4 is 9.68 Å². The fourth-order valence-corrected chi connectivity index (χ4v) is 4.91. The Hall–Kier alpha value is -0.760. The zero-order valence-corrected chi connectivity index (χ0v) is 24.3. The minimum Gasteiger partial charge on any atom is -0.406 e. The Kier molecular flexibility index (Phi) is 20.0. The molecule has 2 rings (SSSR count). The summed E-state index contributed by atoms with van der Waals surface area (Å²) >= 11 is 0. The van der Waals surface area contributed by atoms with Crippen molar-refractivity contribution in [3.05, 3.63) is 59.7 Å². The molecule has 0 aliphatic rings. The first kappa shape index (κ1) is 33.2. The van der Waals surface area contributed by atoms with Crippen LogP contribution in [-0.4, -0.2) is 47.8 Å². The number of rotatable bonds is 17. The molecule has 2 aromatic rings. The van der Waals surface area contributed by atoms with Gasteiger partial charge in [-0.05, 0) is 51.0 Å². The fourth-order valence-electron chi connectivity index (χ4n) is 2.97. The summed E-state index contributed by atoms with van der Waals surface area (Å²) in [6.45, 7) is 12.4. The van der Waals surface area contributed by atoms with Gasteiger partial charge in [-0.25, -0.2) is 0 Å². The Bertz CT molecular complexity index is 673. The second-order valence-electron chi connectivity index (χ2n) is 8.02. The maximum absolute atomic E-state index is 6.12. The first-order chi connectivity index (χ1) is 15.6. The lowest BCUT2D eigenvalue weighted by molar-refractivity contribution is -0.0536. The van der Waals surface area contributed by atoms with E-state index >= 15 is 0 Å². The summed E-state index contributed by atoms with van der Waals surface area (Å²) in [7, 11) is 3.83. The first-order valence-electron chi connectivity index (χ1n) is 11.8. The third-order valence-corrected chi connectivity index (χ3v) is 7.33. The van der Waals surface area contributed by atoms with Crippen molar-refractivity contribution in [1.29, 1.82) is 0 Å². The number of hydroxylamine groups is 4. The highest BCUT2D eigenvalue weighted by molar-refractivity contribution is 8.76. The van der Waals surface area contributed by atoms with Crippen LogP contribution in [0.15, 0.2) is 48.5 Å². The summed E-state index contributed by atoms with van der Waals surface area (Å²) in [5.74, 6) is 3.91. The number of unbranched alkanes of at least 4 members (excludes halogenated alkanes) is 2. The Morgan fingerprint density at radius 3 is 1.26 bits per heavy atom. The first-order valence-corrected chi connectivity index (χ1v) is 14.3. The van der Waals surface area contributed by atoms with Crippen molar-refractivity contribution in [3.63, 3.8) is 0 Å². The summed E-state index contributed by atoms with van der Waals surface area (Å²) in [6.07, 6.45) is 4.63. The van der Waals surface area contributed by atoms with E-state index in [1.54, 1.807) is 0 Å². The van der Waals surface area contributed by atoms with Crippen LogP contribution in [0.5, 0.6) is 11.5 Å². The maximum atomic E-state index is 6.12. The third kappa shape index (κ3) is 14.6. The molecule has 0 atom stereocenters. The van der Waals surface area contributed by atoms with Crippen LogP contribution in [0.3, 0.4) is 0 Å². The minimum absolute atomic E-state index is 0. The Balaban J connectivity index is 0.00000544. The van der Waals surface area contributed by atoms with Crippen molar-refractivity contribution < 1.29 is 9.68 Å². The molecule has 0 bridgehead atoms. The molecule has 0 N–H and O–H groups in total. The Labute approximate surface area is 227 Å². The molecule has 0 aliphatic heterocycles. The lowest BCUT2D eigenvalue weighted by atomic mass is 10.2. The maximum Gasteiger partial charge on any atom is 0.147 e. The minimum atomic E-state index is 0. The van der Waals surface area contributed by atoms with Crippen LogP contribution >= 0.6 is 46.4 Å². The van der Waals surface area contributed by atoms with Crippen LogP contribution in [0.4, 0.5) is 0 Å². The second-order valence-corrected chi connectivity index (χ2v) is 10.7. The monoisotopic (exact) mass is 548 g/mol. The molecule has 4 nitrogen and oxygen atoms in total. The van der Waals surface area contributed by atoms with Gasteiger partial charge in [0.15, 0.2) is 0 Å². The molecule has 0 fully saturated rings. The van der Waals surface area contributed by atoms with Gasteiger partial charge in [-0.1, -0.05) is 83.7 Å². The molecule has 0 aromatic heterocycles. The molecule has 0 heterocycles. The Morgan fingerprint density at radius 2 is 0.941 bits per heavy atom. The summed E-state index contributed by atoms with van der Waals surface area (Å²) < 4.78 is 0. The second kappa shape index (κ2) is 20.4. The van der Waals surface area contributed by atoms with Crippen molar-refractivity contribution in [2.45, 2.75) is 53.4 Å². The molecule has 2 aromatic carbocycles. The lowest BCUT2D eigenvalue weighted by Gasteiger charge is -2.23. The standard InChI is InChI=1S/C26H40N2O2S2.2ClH/c1-5-7-17-27(29-25-13-9-23(3)10-14-25)19-21-31-32-22-20-28(18-8-6-2)30-26-15-11-24(4)12-16-26;;/h9-16H,5-8,17-22H2,1-4H3;2*1H. The molecule has 0 spiro atoms. The van der Waals surface area contributed by atoms with Crippen molar-refractivity contribution >= 4 is 46.4 Å². The molecule has 0 saturated heterocycles. The number of nitrogens with zero attached hydrogens (tertiary/aromatic N) is 2. The molecule has 0 unspecified atom stereocenters. The third-order valence-electron chi connectivity index (χ3n) is 4.96. The van der Waals surface area contributed by atoms with Crippen LogP contribution in [-0.2, 0) is 0 Å². The van der Waals surface area contributed by atoms with Gasteiger partial charge in [0.25, 0.3) is 0 Å². The van der Waals surface area contributed by atoms with E-state index < -0.39 is 0 Å².